The Morgan fingerprint density at radius 1 is 1.09 bits per heavy atom. The van der Waals surface area contributed by atoms with Crippen LogP contribution < -0.4 is 10.5 Å². The second kappa shape index (κ2) is 10.3. The molecule has 2 N–H and O–H groups in total. The van der Waals surface area contributed by atoms with Gasteiger partial charge in [0.1, 0.15) is 18.1 Å². The summed E-state index contributed by atoms with van der Waals surface area (Å²) in [5.74, 6) is 0.446. The van der Waals surface area contributed by atoms with Crippen molar-refractivity contribution in [2.75, 3.05) is 0 Å². The Balaban J connectivity index is 1.66. The number of nitrogens with two attached hydrogens (primary N) is 1. The van der Waals surface area contributed by atoms with Gasteiger partial charge in [0.05, 0.1) is 5.02 Å². The molecule has 0 aliphatic heterocycles. The van der Waals surface area contributed by atoms with Gasteiger partial charge in [-0.3, -0.25) is 0 Å². The second-order valence-electron chi connectivity index (χ2n) is 7.33. The van der Waals surface area contributed by atoms with Crippen LogP contribution >= 0.6 is 34.8 Å². The van der Waals surface area contributed by atoms with Crippen LogP contribution in [0.2, 0.25) is 15.1 Å². The largest absolute Gasteiger partial charge is 0.485 e. The van der Waals surface area contributed by atoms with E-state index in [2.05, 4.69) is 19.0 Å². The summed E-state index contributed by atoms with van der Waals surface area (Å²) in [7, 11) is 0. The maximum atomic E-state index is 12.2. The number of ether oxygens (including phenoxy) is 1. The van der Waals surface area contributed by atoms with Crippen LogP contribution in [-0.4, -0.2) is 11.8 Å². The first-order valence-electron chi connectivity index (χ1n) is 9.67. The van der Waals surface area contributed by atoms with E-state index in [4.69, 9.17) is 54.5 Å². The second-order valence-corrected chi connectivity index (χ2v) is 8.58. The maximum Gasteiger partial charge on any atom is 0.400 e. The Bertz CT molecular complexity index is 1170. The lowest BCUT2D eigenvalue weighted by atomic mass is 10.0. The van der Waals surface area contributed by atoms with Crippen molar-refractivity contribution < 1.29 is 18.8 Å². The summed E-state index contributed by atoms with van der Waals surface area (Å²) < 4.78 is 11.4. The number of hydrogen-bond donors (Lipinski definition) is 1. The van der Waals surface area contributed by atoms with Gasteiger partial charge in [-0.15, -0.1) is 0 Å². The van der Waals surface area contributed by atoms with Gasteiger partial charge >= 0.3 is 5.97 Å². The molecule has 0 aliphatic carbocycles. The summed E-state index contributed by atoms with van der Waals surface area (Å²) in [4.78, 5) is 17.1. The van der Waals surface area contributed by atoms with Gasteiger partial charge in [-0.2, -0.15) is 0 Å². The fourth-order valence-corrected chi connectivity index (χ4v) is 3.52. The van der Waals surface area contributed by atoms with Gasteiger partial charge in [-0.1, -0.05) is 53.8 Å². The molecule has 168 valence electrons. The minimum atomic E-state index is -0.811. The number of aryl methyl sites for hydroxylation is 1. The number of furan rings is 1. The summed E-state index contributed by atoms with van der Waals surface area (Å²) in [5.41, 5.74) is 8.11. The van der Waals surface area contributed by atoms with Crippen molar-refractivity contribution in [1.29, 1.82) is 0 Å². The first-order chi connectivity index (χ1) is 15.2. The average Bonchev–Trinajstić information content (AvgIpc) is 3.21. The van der Waals surface area contributed by atoms with Crippen molar-refractivity contribution in [3.8, 4) is 5.75 Å². The molecular formula is C23H21Cl3N2O4. The van der Waals surface area contributed by atoms with Crippen molar-refractivity contribution in [2.24, 2.45) is 10.9 Å². The van der Waals surface area contributed by atoms with E-state index in [1.807, 2.05) is 19.1 Å². The van der Waals surface area contributed by atoms with Crippen LogP contribution in [0.15, 0.2) is 52.0 Å². The maximum absolute atomic E-state index is 12.2. The van der Waals surface area contributed by atoms with Crippen molar-refractivity contribution in [3.05, 3.63) is 85.7 Å². The highest BCUT2D eigenvalue weighted by Crippen LogP contribution is 2.32. The molecule has 0 unspecified atom stereocenters. The van der Waals surface area contributed by atoms with E-state index < -0.39 is 5.97 Å². The normalized spacial score (nSPS) is 11.7. The molecule has 0 saturated carbocycles. The van der Waals surface area contributed by atoms with Crippen molar-refractivity contribution in [3.63, 3.8) is 0 Å². The monoisotopic (exact) mass is 494 g/mol. The molecule has 0 spiro atoms. The van der Waals surface area contributed by atoms with E-state index in [1.54, 1.807) is 18.2 Å². The molecule has 0 radical (unpaired) electrons. The van der Waals surface area contributed by atoms with Gasteiger partial charge in [-0.25, -0.2) is 4.79 Å². The molecule has 0 fully saturated rings. The molecule has 3 aromatic rings. The van der Waals surface area contributed by atoms with Crippen LogP contribution in [0.5, 0.6) is 5.75 Å². The summed E-state index contributed by atoms with van der Waals surface area (Å²) in [6.45, 7) is 6.14. The van der Waals surface area contributed by atoms with Crippen LogP contribution in [-0.2, 0) is 11.4 Å². The smallest absolute Gasteiger partial charge is 0.400 e. The van der Waals surface area contributed by atoms with Crippen LogP contribution in [0.25, 0.3) is 0 Å². The topological polar surface area (TPSA) is 87.0 Å². The Hall–Kier alpha value is -2.67. The van der Waals surface area contributed by atoms with Gasteiger partial charge in [0.25, 0.3) is 0 Å². The molecule has 0 bridgehead atoms. The zero-order valence-electron chi connectivity index (χ0n) is 17.6. The van der Waals surface area contributed by atoms with Crippen LogP contribution in [0.4, 0.5) is 0 Å². The van der Waals surface area contributed by atoms with Gasteiger partial charge in [0, 0.05) is 15.6 Å². The summed E-state index contributed by atoms with van der Waals surface area (Å²) >= 11 is 18.2. The van der Waals surface area contributed by atoms with Gasteiger partial charge in [0.15, 0.2) is 5.84 Å². The molecule has 0 aliphatic rings. The van der Waals surface area contributed by atoms with Crippen molar-refractivity contribution in [2.45, 2.75) is 33.3 Å². The Kier molecular flexibility index (Phi) is 7.72. The third kappa shape index (κ3) is 5.76. The molecule has 0 amide bonds. The molecule has 1 heterocycles. The highest BCUT2D eigenvalue weighted by Gasteiger charge is 2.16. The SMILES string of the molecule is Cc1cc(OCc2ccc(C(=O)O/N=C(\N)c3ccc(Cl)cc3Cl)o2)c(C(C)C)cc1Cl. The number of amidine groups is 1. The van der Waals surface area contributed by atoms with Crippen LogP contribution in [0, 0.1) is 6.92 Å². The average molecular weight is 496 g/mol. The first-order valence-corrected chi connectivity index (χ1v) is 10.8. The summed E-state index contributed by atoms with van der Waals surface area (Å²) in [6.07, 6.45) is 0. The van der Waals surface area contributed by atoms with E-state index in [0.29, 0.717) is 27.1 Å². The van der Waals surface area contributed by atoms with Crippen molar-refractivity contribution >= 4 is 46.6 Å². The number of benzene rings is 2. The molecule has 32 heavy (non-hydrogen) atoms. The van der Waals surface area contributed by atoms with Crippen LogP contribution in [0.3, 0.4) is 0 Å². The number of nitrogens with zero attached hydrogens (tertiary/aromatic N) is 1. The molecule has 2 aromatic carbocycles. The third-order valence-electron chi connectivity index (χ3n) is 4.58. The molecule has 1 aromatic heterocycles. The Morgan fingerprint density at radius 2 is 1.84 bits per heavy atom. The highest BCUT2D eigenvalue weighted by atomic mass is 35.5. The lowest BCUT2D eigenvalue weighted by Gasteiger charge is -2.15. The van der Waals surface area contributed by atoms with Gasteiger partial charge in [0.2, 0.25) is 5.76 Å². The number of rotatable bonds is 7. The number of carbonyl (C=O) groups excluding carboxylic acids is 1. The first kappa shape index (κ1) is 24.0. The number of hydrogen-bond acceptors (Lipinski definition) is 5. The Labute approximate surface area is 200 Å². The fraction of sp³-hybridized carbons (Fsp3) is 0.217. The number of carbonyl (C=O) groups is 1. The predicted octanol–water partition coefficient (Wildman–Crippen LogP) is 6.73. The summed E-state index contributed by atoms with van der Waals surface area (Å²) in [5, 5.41) is 5.04. The lowest BCUT2D eigenvalue weighted by Crippen LogP contribution is -2.15. The van der Waals surface area contributed by atoms with Crippen molar-refractivity contribution in [1.82, 2.24) is 0 Å². The molecule has 9 heteroatoms. The van der Waals surface area contributed by atoms with Gasteiger partial charge < -0.3 is 19.7 Å². The molecule has 3 rings (SSSR count). The minimum absolute atomic E-state index is 0.0428. The van der Waals surface area contributed by atoms with E-state index in [9.17, 15) is 4.79 Å². The third-order valence-corrected chi connectivity index (χ3v) is 5.53. The molecule has 0 atom stereocenters. The van der Waals surface area contributed by atoms with E-state index in [0.717, 1.165) is 11.1 Å². The fourth-order valence-electron chi connectivity index (χ4n) is 2.84. The quantitative estimate of drug-likeness (QED) is 0.170. The van der Waals surface area contributed by atoms with Gasteiger partial charge in [-0.05, 0) is 66.4 Å². The van der Waals surface area contributed by atoms with E-state index in [-0.39, 0.29) is 29.1 Å². The minimum Gasteiger partial charge on any atom is -0.485 e. The highest BCUT2D eigenvalue weighted by molar-refractivity contribution is 6.36. The lowest BCUT2D eigenvalue weighted by molar-refractivity contribution is 0.0475. The zero-order chi connectivity index (χ0) is 23.4. The summed E-state index contributed by atoms with van der Waals surface area (Å²) in [6, 6.07) is 11.6. The van der Waals surface area contributed by atoms with E-state index in [1.165, 1.54) is 12.1 Å². The molecule has 0 saturated heterocycles. The Morgan fingerprint density at radius 3 is 2.53 bits per heavy atom. The number of halogens is 3. The van der Waals surface area contributed by atoms with E-state index >= 15 is 0 Å². The number of oxime groups is 1. The molecular weight excluding hydrogens is 475 g/mol. The molecule has 6 nitrogen and oxygen atoms in total. The van der Waals surface area contributed by atoms with Crippen LogP contribution in [0.1, 0.15) is 52.8 Å². The standard InChI is InChI=1S/C23H21Cl3N2O4/c1-12(2)17-10-18(25)13(3)8-21(17)30-11-15-5-7-20(31-15)23(29)32-28-22(27)16-6-4-14(24)9-19(16)26/h4-10,12H,11H2,1-3H3,(H2,27,28). The predicted molar refractivity (Wildman–Crippen MR) is 126 cm³/mol. The zero-order valence-corrected chi connectivity index (χ0v) is 19.9.